The summed E-state index contributed by atoms with van der Waals surface area (Å²) in [6.45, 7) is 4.06. The van der Waals surface area contributed by atoms with E-state index in [4.69, 9.17) is 5.11 Å². The first-order valence-electron chi connectivity index (χ1n) is 7.91. The van der Waals surface area contributed by atoms with E-state index in [9.17, 15) is 4.79 Å². The lowest BCUT2D eigenvalue weighted by Crippen LogP contribution is -2.31. The Bertz CT molecular complexity index is 458. The lowest BCUT2D eigenvalue weighted by molar-refractivity contribution is -0.116. The smallest absolute Gasteiger partial charge is 0.225 e. The van der Waals surface area contributed by atoms with Crippen LogP contribution in [0.2, 0.25) is 0 Å². The Labute approximate surface area is 127 Å². The van der Waals surface area contributed by atoms with E-state index >= 15 is 0 Å². The molecule has 0 aromatic heterocycles. The number of carbonyl (C=O) groups excluding carboxylic acids is 1. The Morgan fingerprint density at radius 2 is 2.05 bits per heavy atom. The number of hydrogen-bond acceptors (Lipinski definition) is 3. The first-order chi connectivity index (χ1) is 10.2. The highest BCUT2D eigenvalue weighted by Gasteiger charge is 2.28. The molecule has 116 valence electrons. The van der Waals surface area contributed by atoms with Gasteiger partial charge in [0.2, 0.25) is 5.91 Å². The van der Waals surface area contributed by atoms with Gasteiger partial charge < -0.3 is 10.4 Å². The molecule has 21 heavy (non-hydrogen) atoms. The average molecular weight is 290 g/mol. The predicted octanol–water partition coefficient (Wildman–Crippen LogP) is 2.56. The Kier molecular flexibility index (Phi) is 6.21. The highest BCUT2D eigenvalue weighted by molar-refractivity contribution is 5.91. The molecule has 1 aromatic rings. The Balaban J connectivity index is 1.75. The number of aliphatic hydroxyl groups is 1. The maximum atomic E-state index is 12.1. The summed E-state index contributed by atoms with van der Waals surface area (Å²) in [6, 6.07) is 8.51. The Hall–Kier alpha value is -1.39. The van der Waals surface area contributed by atoms with Crippen molar-refractivity contribution in [3.05, 3.63) is 29.8 Å². The van der Waals surface area contributed by atoms with Crippen LogP contribution < -0.4 is 5.32 Å². The number of aryl methyl sites for hydroxylation is 1. The van der Waals surface area contributed by atoms with Crippen LogP contribution in [-0.4, -0.2) is 41.7 Å². The SMILES string of the molecule is Cc1ccccc1NC(=O)CCN(CCCCO)C1CC1. The highest BCUT2D eigenvalue weighted by Crippen LogP contribution is 2.27. The number of hydrogen-bond donors (Lipinski definition) is 2. The summed E-state index contributed by atoms with van der Waals surface area (Å²) >= 11 is 0. The van der Waals surface area contributed by atoms with E-state index < -0.39 is 0 Å². The number of nitrogens with zero attached hydrogens (tertiary/aromatic N) is 1. The molecule has 0 radical (unpaired) electrons. The van der Waals surface area contributed by atoms with Crippen molar-refractivity contribution < 1.29 is 9.90 Å². The fourth-order valence-electron chi connectivity index (χ4n) is 2.51. The third-order valence-electron chi connectivity index (χ3n) is 3.96. The lowest BCUT2D eigenvalue weighted by atomic mass is 10.2. The molecular weight excluding hydrogens is 264 g/mol. The van der Waals surface area contributed by atoms with E-state index in [1.165, 1.54) is 12.8 Å². The number of carbonyl (C=O) groups is 1. The molecule has 0 unspecified atom stereocenters. The van der Waals surface area contributed by atoms with Gasteiger partial charge in [0.25, 0.3) is 0 Å². The molecule has 2 rings (SSSR count). The fourth-order valence-corrected chi connectivity index (χ4v) is 2.51. The van der Waals surface area contributed by atoms with Crippen molar-refractivity contribution >= 4 is 11.6 Å². The molecule has 0 atom stereocenters. The van der Waals surface area contributed by atoms with Gasteiger partial charge in [0.15, 0.2) is 0 Å². The molecule has 2 N–H and O–H groups in total. The summed E-state index contributed by atoms with van der Waals surface area (Å²) in [4.78, 5) is 14.5. The topological polar surface area (TPSA) is 52.6 Å². The van der Waals surface area contributed by atoms with E-state index in [1.54, 1.807) is 0 Å². The van der Waals surface area contributed by atoms with Crippen LogP contribution in [0.1, 0.15) is 37.7 Å². The van der Waals surface area contributed by atoms with Crippen molar-refractivity contribution in [2.45, 2.75) is 45.1 Å². The summed E-state index contributed by atoms with van der Waals surface area (Å²) in [5.41, 5.74) is 1.99. The van der Waals surface area contributed by atoms with Gasteiger partial charge in [-0.3, -0.25) is 9.69 Å². The third kappa shape index (κ3) is 5.48. The molecule has 1 aromatic carbocycles. The van der Waals surface area contributed by atoms with Crippen molar-refractivity contribution in [3.63, 3.8) is 0 Å². The molecular formula is C17H26N2O2. The summed E-state index contributed by atoms with van der Waals surface area (Å²) < 4.78 is 0. The molecule has 0 aliphatic heterocycles. The van der Waals surface area contributed by atoms with Crippen LogP contribution in [0, 0.1) is 6.92 Å². The molecule has 1 saturated carbocycles. The molecule has 1 aliphatic rings. The third-order valence-corrected chi connectivity index (χ3v) is 3.96. The van der Waals surface area contributed by atoms with Crippen molar-refractivity contribution in [1.82, 2.24) is 4.90 Å². The molecule has 1 amide bonds. The minimum absolute atomic E-state index is 0.0807. The number of rotatable bonds is 9. The molecule has 0 bridgehead atoms. The van der Waals surface area contributed by atoms with Crippen molar-refractivity contribution in [1.29, 1.82) is 0 Å². The van der Waals surface area contributed by atoms with E-state index in [0.29, 0.717) is 12.5 Å². The first-order valence-corrected chi connectivity index (χ1v) is 7.91. The number of para-hydroxylation sites is 1. The summed E-state index contributed by atoms with van der Waals surface area (Å²) in [5, 5.41) is 11.8. The van der Waals surface area contributed by atoms with Crippen LogP contribution in [0.4, 0.5) is 5.69 Å². The maximum absolute atomic E-state index is 12.1. The molecule has 0 heterocycles. The monoisotopic (exact) mass is 290 g/mol. The minimum Gasteiger partial charge on any atom is -0.396 e. The number of aliphatic hydroxyl groups excluding tert-OH is 1. The number of benzene rings is 1. The number of amides is 1. The Morgan fingerprint density at radius 1 is 1.29 bits per heavy atom. The largest absolute Gasteiger partial charge is 0.396 e. The van der Waals surface area contributed by atoms with Crippen molar-refractivity contribution in [2.75, 3.05) is 25.0 Å². The van der Waals surface area contributed by atoms with Gasteiger partial charge in [0.05, 0.1) is 0 Å². The van der Waals surface area contributed by atoms with Crippen LogP contribution >= 0.6 is 0 Å². The van der Waals surface area contributed by atoms with E-state index in [1.807, 2.05) is 31.2 Å². The van der Waals surface area contributed by atoms with Gasteiger partial charge in [0.1, 0.15) is 0 Å². The van der Waals surface area contributed by atoms with E-state index in [0.717, 1.165) is 37.2 Å². The van der Waals surface area contributed by atoms with Gasteiger partial charge in [-0.15, -0.1) is 0 Å². The second-order valence-corrected chi connectivity index (χ2v) is 5.81. The number of anilines is 1. The van der Waals surface area contributed by atoms with E-state index in [-0.39, 0.29) is 12.5 Å². The maximum Gasteiger partial charge on any atom is 0.225 e. The van der Waals surface area contributed by atoms with Gasteiger partial charge >= 0.3 is 0 Å². The zero-order valence-electron chi connectivity index (χ0n) is 12.8. The second kappa shape index (κ2) is 8.15. The summed E-state index contributed by atoms with van der Waals surface area (Å²) in [5.74, 6) is 0.0807. The lowest BCUT2D eigenvalue weighted by Gasteiger charge is -2.21. The molecule has 1 fully saturated rings. The number of unbranched alkanes of at least 4 members (excludes halogenated alkanes) is 1. The quantitative estimate of drug-likeness (QED) is 0.687. The van der Waals surface area contributed by atoms with Gasteiger partial charge in [-0.1, -0.05) is 18.2 Å². The molecule has 4 nitrogen and oxygen atoms in total. The summed E-state index contributed by atoms with van der Waals surface area (Å²) in [7, 11) is 0. The standard InChI is InChI=1S/C17H26N2O2/c1-14-6-2-3-7-16(14)18-17(21)10-12-19(15-8-9-15)11-4-5-13-20/h2-3,6-7,15,20H,4-5,8-13H2,1H3,(H,18,21). The molecule has 4 heteroatoms. The van der Waals surface area contributed by atoms with Crippen LogP contribution in [0.25, 0.3) is 0 Å². The zero-order chi connectivity index (χ0) is 15.1. The molecule has 1 aliphatic carbocycles. The predicted molar refractivity (Wildman–Crippen MR) is 85.3 cm³/mol. The van der Waals surface area contributed by atoms with Gasteiger partial charge in [-0.05, 0) is 50.8 Å². The van der Waals surface area contributed by atoms with Crippen LogP contribution in [0.5, 0.6) is 0 Å². The number of nitrogens with one attached hydrogen (secondary N) is 1. The van der Waals surface area contributed by atoms with E-state index in [2.05, 4.69) is 10.2 Å². The van der Waals surface area contributed by atoms with Gasteiger partial charge in [0, 0.05) is 31.3 Å². The molecule has 0 spiro atoms. The normalized spacial score (nSPS) is 14.4. The van der Waals surface area contributed by atoms with Crippen LogP contribution in [0.3, 0.4) is 0 Å². The average Bonchev–Trinajstić information content (AvgIpc) is 3.30. The second-order valence-electron chi connectivity index (χ2n) is 5.81. The van der Waals surface area contributed by atoms with Crippen molar-refractivity contribution in [3.8, 4) is 0 Å². The zero-order valence-corrected chi connectivity index (χ0v) is 12.8. The van der Waals surface area contributed by atoms with Gasteiger partial charge in [-0.25, -0.2) is 0 Å². The Morgan fingerprint density at radius 3 is 2.71 bits per heavy atom. The van der Waals surface area contributed by atoms with Crippen LogP contribution in [0.15, 0.2) is 24.3 Å². The van der Waals surface area contributed by atoms with Gasteiger partial charge in [-0.2, -0.15) is 0 Å². The fraction of sp³-hybridized carbons (Fsp3) is 0.588. The first kappa shape index (κ1) is 16.0. The van der Waals surface area contributed by atoms with Crippen molar-refractivity contribution in [2.24, 2.45) is 0 Å². The summed E-state index contributed by atoms with van der Waals surface area (Å²) in [6.07, 6.45) is 4.88. The highest BCUT2D eigenvalue weighted by atomic mass is 16.2. The molecule has 0 saturated heterocycles. The van der Waals surface area contributed by atoms with Crippen LogP contribution in [-0.2, 0) is 4.79 Å². The minimum atomic E-state index is 0.0807.